The Kier molecular flexibility index (Phi) is 4.71. The van der Waals surface area contributed by atoms with Gasteiger partial charge < -0.3 is 0 Å². The van der Waals surface area contributed by atoms with Crippen molar-refractivity contribution in [1.29, 1.82) is 0 Å². The number of aromatic nitrogens is 3. The third kappa shape index (κ3) is 4.18. The molecular weight excluding hydrogens is 349 g/mol. The van der Waals surface area contributed by atoms with Gasteiger partial charge in [0.15, 0.2) is 0 Å². The summed E-state index contributed by atoms with van der Waals surface area (Å²) in [6.45, 7) is 0.766. The first kappa shape index (κ1) is 14.3. The number of hydrogen-bond acceptors (Lipinski definition) is 2. The van der Waals surface area contributed by atoms with Gasteiger partial charge in [0.1, 0.15) is 0 Å². The monoisotopic (exact) mass is 363 g/mol. The molecule has 0 saturated heterocycles. The molecule has 0 aliphatic rings. The van der Waals surface area contributed by atoms with Gasteiger partial charge in [0, 0.05) is 0 Å². The van der Waals surface area contributed by atoms with Gasteiger partial charge in [0.25, 0.3) is 0 Å². The normalized spacial score (nSPS) is 10.7. The molecule has 1 heterocycles. The number of halogens is 1. The van der Waals surface area contributed by atoms with Gasteiger partial charge in [-0.1, -0.05) is 0 Å². The van der Waals surface area contributed by atoms with Crippen molar-refractivity contribution in [3.63, 3.8) is 0 Å². The Bertz CT molecular complexity index is 695. The zero-order valence-corrected chi connectivity index (χ0v) is 13.8. The van der Waals surface area contributed by atoms with Crippen LogP contribution in [0.1, 0.15) is 11.3 Å². The van der Waals surface area contributed by atoms with E-state index in [0.29, 0.717) is 15.0 Å². The summed E-state index contributed by atoms with van der Waals surface area (Å²) in [6.07, 6.45) is 2.03. The fraction of sp³-hybridized carbons (Fsp3) is 0.125. The van der Waals surface area contributed by atoms with E-state index < -0.39 is 0 Å². The molecule has 0 amide bonds. The molecule has 3 aromatic rings. The maximum absolute atomic E-state index is 5.89. The fourth-order valence-electron chi connectivity index (χ4n) is 1.94. The average molecular weight is 363 g/mol. The summed E-state index contributed by atoms with van der Waals surface area (Å²) < 4.78 is 3.22. The van der Waals surface area contributed by atoms with E-state index in [2.05, 4.69) is 34.6 Å². The van der Waals surface area contributed by atoms with Crippen LogP contribution in [0, 0.1) is 0 Å². The molecule has 0 N–H and O–H groups in total. The van der Waals surface area contributed by atoms with E-state index in [1.807, 2.05) is 41.2 Å². The molecule has 0 spiro atoms. The van der Waals surface area contributed by atoms with Crippen molar-refractivity contribution in [2.24, 2.45) is 0 Å². The second-order valence-electron chi connectivity index (χ2n) is 4.64. The summed E-state index contributed by atoms with van der Waals surface area (Å²) in [7, 11) is 0. The minimum absolute atomic E-state index is 0.359. The summed E-state index contributed by atoms with van der Waals surface area (Å²) in [4.78, 5) is 0. The number of benzene rings is 2. The van der Waals surface area contributed by atoms with E-state index in [1.54, 1.807) is 0 Å². The quantitative estimate of drug-likeness (QED) is 0.653. The van der Waals surface area contributed by atoms with Gasteiger partial charge >= 0.3 is 135 Å². The van der Waals surface area contributed by atoms with Crippen molar-refractivity contribution < 1.29 is 0 Å². The van der Waals surface area contributed by atoms with E-state index in [0.717, 1.165) is 22.6 Å². The van der Waals surface area contributed by atoms with Crippen LogP contribution >= 0.6 is 11.6 Å². The molecule has 3 rings (SSSR count). The number of rotatable bonds is 5. The molecule has 0 aliphatic heterocycles. The molecule has 0 unspecified atom stereocenters. The fourth-order valence-corrected chi connectivity index (χ4v) is 3.69. The summed E-state index contributed by atoms with van der Waals surface area (Å²) in [6, 6.07) is 18.3. The van der Waals surface area contributed by atoms with Gasteiger partial charge in [-0.15, -0.1) is 0 Å². The van der Waals surface area contributed by atoms with Crippen LogP contribution in [0.2, 0.25) is 5.02 Å². The van der Waals surface area contributed by atoms with Crippen molar-refractivity contribution >= 4 is 31.0 Å². The molecule has 0 saturated carbocycles. The van der Waals surface area contributed by atoms with Crippen molar-refractivity contribution in [3.8, 4) is 0 Å². The molecule has 0 fully saturated rings. The SMILES string of the molecule is Clc1ccc([Se]Cc2cn(Cc3ccccc3)nn2)cc1. The summed E-state index contributed by atoms with van der Waals surface area (Å²) in [5.74, 6) is 0. The first-order chi connectivity index (χ1) is 10.3. The molecule has 0 aliphatic carbocycles. The number of nitrogens with zero attached hydrogens (tertiary/aromatic N) is 3. The average Bonchev–Trinajstić information content (AvgIpc) is 2.95. The molecule has 3 nitrogen and oxygen atoms in total. The third-order valence-electron chi connectivity index (χ3n) is 2.97. The first-order valence-corrected chi connectivity index (χ1v) is 9.05. The Morgan fingerprint density at radius 3 is 2.52 bits per heavy atom. The predicted molar refractivity (Wildman–Crippen MR) is 86.1 cm³/mol. The Hall–Kier alpha value is -1.61. The summed E-state index contributed by atoms with van der Waals surface area (Å²) in [5, 5.41) is 10.2. The van der Waals surface area contributed by atoms with E-state index in [-0.39, 0.29) is 0 Å². The molecule has 0 atom stereocenters. The van der Waals surface area contributed by atoms with Crippen LogP contribution in [0.5, 0.6) is 0 Å². The molecule has 2 aromatic carbocycles. The van der Waals surface area contributed by atoms with Gasteiger partial charge in [-0.3, -0.25) is 0 Å². The van der Waals surface area contributed by atoms with Crippen LogP contribution in [-0.2, 0) is 11.9 Å². The Balaban J connectivity index is 1.59. The Labute approximate surface area is 135 Å². The van der Waals surface area contributed by atoms with Crippen LogP contribution in [0.3, 0.4) is 0 Å². The number of hydrogen-bond donors (Lipinski definition) is 0. The van der Waals surface area contributed by atoms with E-state index >= 15 is 0 Å². The molecule has 1 aromatic heterocycles. The van der Waals surface area contributed by atoms with Crippen molar-refractivity contribution in [1.82, 2.24) is 15.0 Å². The van der Waals surface area contributed by atoms with Crippen molar-refractivity contribution in [3.05, 3.63) is 77.1 Å². The van der Waals surface area contributed by atoms with Crippen molar-refractivity contribution in [2.75, 3.05) is 0 Å². The van der Waals surface area contributed by atoms with Gasteiger partial charge in [-0.05, 0) is 0 Å². The Morgan fingerprint density at radius 1 is 1.00 bits per heavy atom. The maximum atomic E-state index is 5.89. The second-order valence-corrected chi connectivity index (χ2v) is 7.27. The van der Waals surface area contributed by atoms with Gasteiger partial charge in [-0.25, -0.2) is 0 Å². The zero-order chi connectivity index (χ0) is 14.5. The molecule has 0 bridgehead atoms. The Morgan fingerprint density at radius 2 is 1.76 bits per heavy atom. The van der Waals surface area contributed by atoms with E-state index in [9.17, 15) is 0 Å². The minimum atomic E-state index is 0.359. The first-order valence-electron chi connectivity index (χ1n) is 6.61. The van der Waals surface area contributed by atoms with Crippen LogP contribution in [0.25, 0.3) is 0 Å². The topological polar surface area (TPSA) is 30.7 Å². The van der Waals surface area contributed by atoms with Crippen LogP contribution < -0.4 is 4.46 Å². The van der Waals surface area contributed by atoms with Gasteiger partial charge in [0.2, 0.25) is 0 Å². The van der Waals surface area contributed by atoms with E-state index in [1.165, 1.54) is 10.0 Å². The molecule has 0 radical (unpaired) electrons. The molecule has 106 valence electrons. The zero-order valence-electron chi connectivity index (χ0n) is 11.3. The molecule has 21 heavy (non-hydrogen) atoms. The van der Waals surface area contributed by atoms with Crippen molar-refractivity contribution in [2.45, 2.75) is 11.9 Å². The van der Waals surface area contributed by atoms with Gasteiger partial charge in [-0.2, -0.15) is 0 Å². The second kappa shape index (κ2) is 6.90. The van der Waals surface area contributed by atoms with Gasteiger partial charge in [0.05, 0.1) is 0 Å². The standard InChI is InChI=1S/C16H14ClN3Se/c17-14-6-8-16(9-7-14)21-12-15-11-20(19-18-15)10-13-4-2-1-3-5-13/h1-9,11H,10,12H2. The van der Waals surface area contributed by atoms with Crippen LogP contribution in [0.4, 0.5) is 0 Å². The van der Waals surface area contributed by atoms with Crippen LogP contribution in [0.15, 0.2) is 60.8 Å². The third-order valence-corrected chi connectivity index (χ3v) is 5.42. The summed E-state index contributed by atoms with van der Waals surface area (Å²) >= 11 is 6.25. The predicted octanol–water partition coefficient (Wildman–Crippen LogP) is 2.51. The molecule has 5 heteroatoms. The molecular formula is C16H14ClN3Se. The van der Waals surface area contributed by atoms with E-state index in [4.69, 9.17) is 11.6 Å². The summed E-state index contributed by atoms with van der Waals surface area (Å²) in [5.41, 5.74) is 2.28. The van der Waals surface area contributed by atoms with Crippen LogP contribution in [-0.4, -0.2) is 30.0 Å².